The van der Waals surface area contributed by atoms with Gasteiger partial charge in [-0.2, -0.15) is 24.5 Å². The predicted molar refractivity (Wildman–Crippen MR) is 73.5 cm³/mol. The van der Waals surface area contributed by atoms with E-state index in [0.717, 1.165) is 5.56 Å². The highest BCUT2D eigenvalue weighted by molar-refractivity contribution is 7.08. The molecule has 3 nitrogen and oxygen atoms in total. The lowest BCUT2D eigenvalue weighted by Crippen LogP contribution is -2.22. The summed E-state index contributed by atoms with van der Waals surface area (Å²) in [4.78, 5) is 11.7. The van der Waals surface area contributed by atoms with Gasteiger partial charge in [0.1, 0.15) is 5.75 Å². The summed E-state index contributed by atoms with van der Waals surface area (Å²) in [5, 5.41) is 6.27. The number of carbonyl (C=O) groups is 1. The highest BCUT2D eigenvalue weighted by atomic mass is 32.1. The molecule has 0 saturated heterocycles. The number of thiophene rings is 1. The van der Waals surface area contributed by atoms with Gasteiger partial charge in [0.05, 0.1) is 0 Å². The van der Waals surface area contributed by atoms with Gasteiger partial charge in [0, 0.05) is 17.5 Å². The van der Waals surface area contributed by atoms with E-state index < -0.39 is 12.8 Å². The third-order valence-electron chi connectivity index (χ3n) is 2.56. The molecular formula is C14H12F3NO2S. The Labute approximate surface area is 123 Å². The van der Waals surface area contributed by atoms with Gasteiger partial charge >= 0.3 is 6.18 Å². The molecule has 112 valence electrons. The van der Waals surface area contributed by atoms with E-state index in [4.69, 9.17) is 0 Å². The Morgan fingerprint density at radius 2 is 1.90 bits per heavy atom. The first-order valence-corrected chi connectivity index (χ1v) is 6.97. The van der Waals surface area contributed by atoms with Crippen LogP contribution in [0.25, 0.3) is 0 Å². The van der Waals surface area contributed by atoms with Crippen LogP contribution in [0.3, 0.4) is 0 Å². The van der Waals surface area contributed by atoms with Gasteiger partial charge in [-0.25, -0.2) is 0 Å². The quantitative estimate of drug-likeness (QED) is 0.915. The molecule has 0 radical (unpaired) electrons. The van der Waals surface area contributed by atoms with Crippen molar-refractivity contribution in [3.63, 3.8) is 0 Å². The Morgan fingerprint density at radius 3 is 2.48 bits per heavy atom. The van der Waals surface area contributed by atoms with Gasteiger partial charge in [0.2, 0.25) is 0 Å². The first-order chi connectivity index (χ1) is 9.94. The Hall–Kier alpha value is -2.02. The topological polar surface area (TPSA) is 38.3 Å². The van der Waals surface area contributed by atoms with Crippen molar-refractivity contribution >= 4 is 17.2 Å². The second kappa shape index (κ2) is 6.62. The minimum Gasteiger partial charge on any atom is -0.484 e. The van der Waals surface area contributed by atoms with E-state index in [1.54, 1.807) is 23.6 Å². The summed E-state index contributed by atoms with van der Waals surface area (Å²) in [5.41, 5.74) is 1.36. The number of rotatable bonds is 5. The molecule has 1 aromatic carbocycles. The summed E-state index contributed by atoms with van der Waals surface area (Å²) in [6.07, 6.45) is -4.35. The monoisotopic (exact) mass is 315 g/mol. The van der Waals surface area contributed by atoms with Crippen LogP contribution in [-0.2, 0) is 6.54 Å². The molecule has 21 heavy (non-hydrogen) atoms. The van der Waals surface area contributed by atoms with Gasteiger partial charge in [-0.05, 0) is 29.1 Å². The van der Waals surface area contributed by atoms with Gasteiger partial charge < -0.3 is 10.1 Å². The maximum atomic E-state index is 12.0. The highest BCUT2D eigenvalue weighted by Crippen LogP contribution is 2.18. The fourth-order valence-corrected chi connectivity index (χ4v) is 2.18. The molecule has 7 heteroatoms. The second-order valence-electron chi connectivity index (χ2n) is 4.24. The summed E-state index contributed by atoms with van der Waals surface area (Å²) < 4.78 is 40.6. The summed E-state index contributed by atoms with van der Waals surface area (Å²) in [6.45, 7) is -1.02. The van der Waals surface area contributed by atoms with Crippen LogP contribution >= 0.6 is 11.3 Å². The largest absolute Gasteiger partial charge is 0.484 e. The maximum absolute atomic E-state index is 12.0. The molecule has 1 heterocycles. The Morgan fingerprint density at radius 1 is 1.19 bits per heavy atom. The SMILES string of the molecule is O=C(NCc1ccc(OCC(F)(F)F)cc1)c1ccsc1. The van der Waals surface area contributed by atoms with Crippen molar-refractivity contribution in [2.45, 2.75) is 12.7 Å². The van der Waals surface area contributed by atoms with E-state index in [2.05, 4.69) is 10.1 Å². The maximum Gasteiger partial charge on any atom is 0.422 e. The first-order valence-electron chi connectivity index (χ1n) is 6.03. The first kappa shape index (κ1) is 15.4. The van der Waals surface area contributed by atoms with E-state index in [1.807, 2.05) is 5.38 Å². The number of hydrogen-bond donors (Lipinski definition) is 1. The van der Waals surface area contributed by atoms with Crippen molar-refractivity contribution in [3.8, 4) is 5.75 Å². The lowest BCUT2D eigenvalue weighted by Gasteiger charge is -2.10. The molecule has 0 aliphatic heterocycles. The number of nitrogens with one attached hydrogen (secondary N) is 1. The van der Waals surface area contributed by atoms with E-state index in [-0.39, 0.29) is 11.7 Å². The van der Waals surface area contributed by atoms with Crippen molar-refractivity contribution in [2.75, 3.05) is 6.61 Å². The van der Waals surface area contributed by atoms with Crippen molar-refractivity contribution < 1.29 is 22.7 Å². The summed E-state index contributed by atoms with van der Waals surface area (Å²) in [6, 6.07) is 7.82. The van der Waals surface area contributed by atoms with Crippen molar-refractivity contribution in [3.05, 3.63) is 52.2 Å². The lowest BCUT2D eigenvalue weighted by atomic mass is 10.2. The van der Waals surface area contributed by atoms with E-state index in [1.165, 1.54) is 23.5 Å². The molecule has 0 saturated carbocycles. The molecule has 1 aromatic heterocycles. The van der Waals surface area contributed by atoms with Gasteiger partial charge in [0.25, 0.3) is 5.91 Å². The molecule has 0 unspecified atom stereocenters. The molecule has 1 N–H and O–H groups in total. The van der Waals surface area contributed by atoms with Crippen LogP contribution in [0.1, 0.15) is 15.9 Å². The normalized spacial score (nSPS) is 11.2. The molecule has 0 atom stereocenters. The van der Waals surface area contributed by atoms with Gasteiger partial charge in [-0.1, -0.05) is 12.1 Å². The van der Waals surface area contributed by atoms with E-state index in [9.17, 15) is 18.0 Å². The average molecular weight is 315 g/mol. The molecule has 0 bridgehead atoms. The predicted octanol–water partition coefficient (Wildman–Crippen LogP) is 3.62. The Kier molecular flexibility index (Phi) is 4.85. The summed E-state index contributed by atoms with van der Waals surface area (Å²) in [5.74, 6) is -0.0473. The van der Waals surface area contributed by atoms with Crippen molar-refractivity contribution in [1.82, 2.24) is 5.32 Å². The van der Waals surface area contributed by atoms with E-state index in [0.29, 0.717) is 12.1 Å². The van der Waals surface area contributed by atoms with Gasteiger partial charge in [-0.3, -0.25) is 4.79 Å². The number of halogens is 3. The van der Waals surface area contributed by atoms with Crippen LogP contribution in [0.4, 0.5) is 13.2 Å². The van der Waals surface area contributed by atoms with Crippen LogP contribution in [-0.4, -0.2) is 18.7 Å². The van der Waals surface area contributed by atoms with Gasteiger partial charge in [0.15, 0.2) is 6.61 Å². The molecule has 0 fully saturated rings. The van der Waals surface area contributed by atoms with Crippen LogP contribution in [0, 0.1) is 0 Å². The third-order valence-corrected chi connectivity index (χ3v) is 3.25. The molecule has 0 aliphatic carbocycles. The lowest BCUT2D eigenvalue weighted by molar-refractivity contribution is -0.153. The van der Waals surface area contributed by atoms with Crippen LogP contribution in [0.2, 0.25) is 0 Å². The zero-order valence-electron chi connectivity index (χ0n) is 10.8. The minimum atomic E-state index is -4.35. The summed E-state index contributed by atoms with van der Waals surface area (Å²) >= 11 is 1.43. The zero-order chi connectivity index (χ0) is 15.3. The zero-order valence-corrected chi connectivity index (χ0v) is 11.6. The molecule has 0 aliphatic rings. The fourth-order valence-electron chi connectivity index (χ4n) is 1.55. The van der Waals surface area contributed by atoms with E-state index >= 15 is 0 Å². The summed E-state index contributed by atoms with van der Waals surface area (Å²) in [7, 11) is 0. The smallest absolute Gasteiger partial charge is 0.422 e. The second-order valence-corrected chi connectivity index (χ2v) is 5.02. The molecular weight excluding hydrogens is 303 g/mol. The van der Waals surface area contributed by atoms with Crippen LogP contribution < -0.4 is 10.1 Å². The highest BCUT2D eigenvalue weighted by Gasteiger charge is 2.28. The molecule has 2 aromatic rings. The van der Waals surface area contributed by atoms with Gasteiger partial charge in [-0.15, -0.1) is 0 Å². The number of benzene rings is 1. The van der Waals surface area contributed by atoms with Crippen molar-refractivity contribution in [1.29, 1.82) is 0 Å². The molecule has 1 amide bonds. The average Bonchev–Trinajstić information content (AvgIpc) is 2.97. The number of amides is 1. The standard InChI is InChI=1S/C14H12F3NO2S/c15-14(16,17)9-20-12-3-1-10(2-4-12)7-18-13(19)11-5-6-21-8-11/h1-6,8H,7,9H2,(H,18,19). The number of hydrogen-bond acceptors (Lipinski definition) is 3. The Balaban J connectivity index is 1.84. The van der Waals surface area contributed by atoms with Crippen LogP contribution in [0.5, 0.6) is 5.75 Å². The van der Waals surface area contributed by atoms with Crippen LogP contribution in [0.15, 0.2) is 41.1 Å². The fraction of sp³-hybridized carbons (Fsp3) is 0.214. The van der Waals surface area contributed by atoms with Crippen molar-refractivity contribution in [2.24, 2.45) is 0 Å². The molecule has 0 spiro atoms. The molecule has 2 rings (SSSR count). The number of alkyl halides is 3. The minimum absolute atomic E-state index is 0.139. The number of ether oxygens (including phenoxy) is 1. The number of carbonyl (C=O) groups excluding carboxylic acids is 1. The Bertz CT molecular complexity index is 579. The third kappa shape index (κ3) is 5.11.